The van der Waals surface area contributed by atoms with Gasteiger partial charge in [-0.05, 0) is 43.5 Å². The number of nitrogens with zero attached hydrogens (tertiary/aromatic N) is 1. The van der Waals surface area contributed by atoms with Crippen molar-refractivity contribution in [1.82, 2.24) is 4.90 Å². The van der Waals surface area contributed by atoms with Crippen LogP contribution in [0, 0.1) is 6.92 Å². The lowest BCUT2D eigenvalue weighted by Crippen LogP contribution is -2.38. The van der Waals surface area contributed by atoms with Crippen LogP contribution in [0.3, 0.4) is 0 Å². The van der Waals surface area contributed by atoms with Crippen molar-refractivity contribution >= 4 is 0 Å². The molecule has 3 N–H and O–H groups in total. The van der Waals surface area contributed by atoms with Gasteiger partial charge >= 0.3 is 0 Å². The van der Waals surface area contributed by atoms with Crippen molar-refractivity contribution in [2.75, 3.05) is 13.6 Å². The van der Waals surface area contributed by atoms with Gasteiger partial charge in [-0.3, -0.25) is 4.90 Å². The van der Waals surface area contributed by atoms with Crippen molar-refractivity contribution in [3.8, 4) is 0 Å². The van der Waals surface area contributed by atoms with Crippen LogP contribution in [0.5, 0.6) is 0 Å². The fraction of sp³-hybridized carbons (Fsp3) is 0.625. The van der Waals surface area contributed by atoms with Gasteiger partial charge in [0.05, 0.1) is 5.60 Å². The largest absolute Gasteiger partial charge is 0.389 e. The van der Waals surface area contributed by atoms with Crippen LogP contribution in [-0.2, 0) is 13.1 Å². The van der Waals surface area contributed by atoms with Gasteiger partial charge in [0.25, 0.3) is 0 Å². The minimum absolute atomic E-state index is 0.458. The van der Waals surface area contributed by atoms with Gasteiger partial charge in [-0.25, -0.2) is 0 Å². The molecule has 0 amide bonds. The second-order valence-corrected chi connectivity index (χ2v) is 6.07. The molecule has 0 aliphatic heterocycles. The second kappa shape index (κ2) is 6.04. The zero-order chi connectivity index (χ0) is 13.9. The number of nitrogens with two attached hydrogens (primary N) is 1. The number of hydrogen-bond acceptors (Lipinski definition) is 3. The summed E-state index contributed by atoms with van der Waals surface area (Å²) in [6, 6.07) is 6.42. The fourth-order valence-corrected chi connectivity index (χ4v) is 3.10. The van der Waals surface area contributed by atoms with Crippen molar-refractivity contribution in [3.05, 3.63) is 34.9 Å². The minimum atomic E-state index is -0.458. The zero-order valence-corrected chi connectivity index (χ0v) is 12.2. The van der Waals surface area contributed by atoms with E-state index >= 15 is 0 Å². The average Bonchev–Trinajstić information content (AvgIpc) is 2.78. The highest BCUT2D eigenvalue weighted by atomic mass is 16.3. The Morgan fingerprint density at radius 3 is 2.58 bits per heavy atom. The van der Waals surface area contributed by atoms with E-state index in [0.717, 1.165) is 38.8 Å². The van der Waals surface area contributed by atoms with Crippen molar-refractivity contribution in [2.24, 2.45) is 5.73 Å². The molecule has 106 valence electrons. The van der Waals surface area contributed by atoms with Gasteiger partial charge in [-0.2, -0.15) is 0 Å². The highest BCUT2D eigenvalue weighted by Gasteiger charge is 2.32. The maximum absolute atomic E-state index is 10.4. The standard InChI is InChI=1S/C16H26N2O/c1-13-9-14(10-17)5-6-15(13)11-18(2)12-16(19)7-3-4-8-16/h5-6,9,19H,3-4,7-8,10-12,17H2,1-2H3. The molecule has 0 saturated heterocycles. The molecular weight excluding hydrogens is 236 g/mol. The molecule has 1 aromatic rings. The Kier molecular flexibility index (Phi) is 4.61. The first-order valence-corrected chi connectivity index (χ1v) is 7.22. The number of benzene rings is 1. The van der Waals surface area contributed by atoms with Crippen molar-refractivity contribution in [2.45, 2.75) is 51.3 Å². The Labute approximate surface area is 116 Å². The summed E-state index contributed by atoms with van der Waals surface area (Å²) in [6.07, 6.45) is 4.22. The number of aryl methyl sites for hydroxylation is 1. The van der Waals surface area contributed by atoms with Crippen LogP contribution in [0.25, 0.3) is 0 Å². The van der Waals surface area contributed by atoms with Crippen molar-refractivity contribution < 1.29 is 5.11 Å². The molecule has 0 unspecified atom stereocenters. The highest BCUT2D eigenvalue weighted by molar-refractivity contribution is 5.31. The molecule has 0 radical (unpaired) electrons. The minimum Gasteiger partial charge on any atom is -0.389 e. The number of likely N-dealkylation sites (N-methyl/N-ethyl adjacent to an activating group) is 1. The Balaban J connectivity index is 1.96. The molecule has 0 bridgehead atoms. The Bertz CT molecular complexity index is 425. The van der Waals surface area contributed by atoms with E-state index in [2.05, 4.69) is 37.1 Å². The van der Waals surface area contributed by atoms with E-state index in [1.54, 1.807) is 0 Å². The quantitative estimate of drug-likeness (QED) is 0.855. The summed E-state index contributed by atoms with van der Waals surface area (Å²) >= 11 is 0. The molecule has 1 saturated carbocycles. The maximum Gasteiger partial charge on any atom is 0.0774 e. The summed E-state index contributed by atoms with van der Waals surface area (Å²) in [5.41, 5.74) is 8.98. The molecule has 2 rings (SSSR count). The molecule has 1 fully saturated rings. The molecule has 0 aromatic heterocycles. The first-order chi connectivity index (χ1) is 9.02. The van der Waals surface area contributed by atoms with Crippen LogP contribution in [0.15, 0.2) is 18.2 Å². The first-order valence-electron chi connectivity index (χ1n) is 7.22. The maximum atomic E-state index is 10.4. The Hall–Kier alpha value is -0.900. The predicted molar refractivity (Wildman–Crippen MR) is 78.8 cm³/mol. The predicted octanol–water partition coefficient (Wildman–Crippen LogP) is 2.19. The third-order valence-corrected chi connectivity index (χ3v) is 4.18. The van der Waals surface area contributed by atoms with Crippen LogP contribution >= 0.6 is 0 Å². The second-order valence-electron chi connectivity index (χ2n) is 6.07. The average molecular weight is 262 g/mol. The van der Waals surface area contributed by atoms with E-state index in [1.165, 1.54) is 16.7 Å². The highest BCUT2D eigenvalue weighted by Crippen LogP contribution is 2.30. The zero-order valence-electron chi connectivity index (χ0n) is 12.2. The summed E-state index contributed by atoms with van der Waals surface area (Å²) in [5.74, 6) is 0. The topological polar surface area (TPSA) is 49.5 Å². The Morgan fingerprint density at radius 1 is 1.32 bits per heavy atom. The summed E-state index contributed by atoms with van der Waals surface area (Å²) in [4.78, 5) is 2.23. The lowest BCUT2D eigenvalue weighted by molar-refractivity contribution is 0.0145. The van der Waals surface area contributed by atoms with Gasteiger partial charge in [0, 0.05) is 19.6 Å². The van der Waals surface area contributed by atoms with Gasteiger partial charge < -0.3 is 10.8 Å². The molecule has 0 heterocycles. The third-order valence-electron chi connectivity index (χ3n) is 4.18. The SMILES string of the molecule is Cc1cc(CN)ccc1CN(C)CC1(O)CCCC1. The fourth-order valence-electron chi connectivity index (χ4n) is 3.10. The van der Waals surface area contributed by atoms with Crippen LogP contribution in [0.2, 0.25) is 0 Å². The smallest absolute Gasteiger partial charge is 0.0774 e. The van der Waals surface area contributed by atoms with Crippen LogP contribution < -0.4 is 5.73 Å². The van der Waals surface area contributed by atoms with Crippen molar-refractivity contribution in [3.63, 3.8) is 0 Å². The van der Waals surface area contributed by atoms with E-state index in [0.29, 0.717) is 6.54 Å². The summed E-state index contributed by atoms with van der Waals surface area (Å²) in [6.45, 7) is 4.38. The van der Waals surface area contributed by atoms with Gasteiger partial charge in [0.15, 0.2) is 0 Å². The van der Waals surface area contributed by atoms with Crippen molar-refractivity contribution in [1.29, 1.82) is 0 Å². The molecule has 19 heavy (non-hydrogen) atoms. The monoisotopic (exact) mass is 262 g/mol. The van der Waals surface area contributed by atoms with Gasteiger partial charge in [0.2, 0.25) is 0 Å². The summed E-state index contributed by atoms with van der Waals surface area (Å²) in [7, 11) is 2.09. The van der Waals surface area contributed by atoms with Gasteiger partial charge in [-0.15, -0.1) is 0 Å². The molecule has 0 atom stereocenters. The van der Waals surface area contributed by atoms with E-state index in [9.17, 15) is 5.11 Å². The van der Waals surface area contributed by atoms with Crippen LogP contribution in [0.1, 0.15) is 42.4 Å². The molecule has 1 aliphatic rings. The van der Waals surface area contributed by atoms with E-state index in [1.807, 2.05) is 0 Å². The first kappa shape index (κ1) is 14.5. The van der Waals surface area contributed by atoms with E-state index < -0.39 is 5.60 Å². The number of aliphatic hydroxyl groups is 1. The van der Waals surface area contributed by atoms with E-state index in [4.69, 9.17) is 5.73 Å². The summed E-state index contributed by atoms with van der Waals surface area (Å²) < 4.78 is 0. The lowest BCUT2D eigenvalue weighted by atomic mass is 10.0. The normalized spacial score (nSPS) is 18.2. The number of hydrogen-bond donors (Lipinski definition) is 2. The lowest BCUT2D eigenvalue weighted by Gasteiger charge is -2.29. The number of rotatable bonds is 5. The van der Waals surface area contributed by atoms with Crippen LogP contribution in [0.4, 0.5) is 0 Å². The van der Waals surface area contributed by atoms with E-state index in [-0.39, 0.29) is 0 Å². The molecule has 3 nitrogen and oxygen atoms in total. The molecule has 0 spiro atoms. The molecule has 1 aliphatic carbocycles. The Morgan fingerprint density at radius 2 is 2.00 bits per heavy atom. The molecule has 3 heteroatoms. The third kappa shape index (κ3) is 3.78. The molecular formula is C16H26N2O. The van der Waals surface area contributed by atoms with Gasteiger partial charge in [0.1, 0.15) is 0 Å². The van der Waals surface area contributed by atoms with Gasteiger partial charge in [-0.1, -0.05) is 31.0 Å². The van der Waals surface area contributed by atoms with Crippen LogP contribution in [-0.4, -0.2) is 29.2 Å². The molecule has 1 aromatic carbocycles. The summed E-state index contributed by atoms with van der Waals surface area (Å²) in [5, 5.41) is 10.4.